The Bertz CT molecular complexity index is 957. The second-order valence-corrected chi connectivity index (χ2v) is 9.36. The highest BCUT2D eigenvalue weighted by Gasteiger charge is 2.47. The number of alkyl halides is 3. The molecular weight excluding hydrogens is 405 g/mol. The highest BCUT2D eigenvalue weighted by molar-refractivity contribution is 5.93. The summed E-state index contributed by atoms with van der Waals surface area (Å²) < 4.78 is 42.4. The van der Waals surface area contributed by atoms with Crippen LogP contribution in [0.25, 0.3) is 0 Å². The van der Waals surface area contributed by atoms with Crippen molar-refractivity contribution in [3.05, 3.63) is 47.7 Å². The van der Waals surface area contributed by atoms with E-state index in [2.05, 4.69) is 15.7 Å². The Morgan fingerprint density at radius 3 is 2.61 bits per heavy atom. The minimum atomic E-state index is -4.46. The van der Waals surface area contributed by atoms with Gasteiger partial charge in [-0.2, -0.15) is 18.3 Å². The van der Waals surface area contributed by atoms with E-state index in [9.17, 15) is 18.0 Å². The predicted octanol–water partition coefficient (Wildman–Crippen LogP) is 5.10. The number of carbonyl (C=O) groups excluding carboxylic acids is 1. The smallest absolute Gasteiger partial charge is 0.363 e. The van der Waals surface area contributed by atoms with Crippen molar-refractivity contribution in [2.45, 2.75) is 63.3 Å². The van der Waals surface area contributed by atoms with Crippen LogP contribution in [-0.4, -0.2) is 27.9 Å². The normalized spacial score (nSPS) is 30.5. The molecule has 1 aromatic carbocycles. The molecule has 2 saturated carbocycles. The second-order valence-electron chi connectivity index (χ2n) is 9.36. The summed E-state index contributed by atoms with van der Waals surface area (Å²) in [6, 6.07) is 8.21. The zero-order chi connectivity index (χ0) is 21.8. The van der Waals surface area contributed by atoms with Crippen LogP contribution < -0.4 is 10.6 Å². The van der Waals surface area contributed by atoms with Gasteiger partial charge in [0.2, 0.25) is 0 Å². The van der Waals surface area contributed by atoms with Crippen LogP contribution in [0.4, 0.5) is 19.0 Å². The van der Waals surface area contributed by atoms with Crippen molar-refractivity contribution >= 4 is 11.7 Å². The minimum absolute atomic E-state index is 0.00929. The number of hydrogen-bond donors (Lipinski definition) is 2. The molecule has 8 heteroatoms. The van der Waals surface area contributed by atoms with Gasteiger partial charge in [-0.25, -0.2) is 4.68 Å². The van der Waals surface area contributed by atoms with Gasteiger partial charge in [0.25, 0.3) is 5.91 Å². The molecule has 0 radical (unpaired) electrons. The average Bonchev–Trinajstić information content (AvgIpc) is 3.48. The molecule has 2 bridgehead atoms. The van der Waals surface area contributed by atoms with Gasteiger partial charge in [0, 0.05) is 18.5 Å². The summed E-state index contributed by atoms with van der Waals surface area (Å²) in [5.74, 6) is 1.68. The van der Waals surface area contributed by atoms with Gasteiger partial charge in [-0.1, -0.05) is 36.8 Å². The fourth-order valence-electron chi connectivity index (χ4n) is 5.88. The minimum Gasteiger partial charge on any atom is -0.363 e. The maximum absolute atomic E-state index is 13.8. The molecule has 0 spiro atoms. The van der Waals surface area contributed by atoms with E-state index in [1.807, 2.05) is 37.3 Å². The van der Waals surface area contributed by atoms with Gasteiger partial charge >= 0.3 is 6.18 Å². The highest BCUT2D eigenvalue weighted by Crippen LogP contribution is 2.49. The van der Waals surface area contributed by atoms with Crippen molar-refractivity contribution in [1.82, 2.24) is 15.1 Å². The first kappa shape index (κ1) is 20.4. The van der Waals surface area contributed by atoms with Gasteiger partial charge in [-0.3, -0.25) is 4.79 Å². The molecular formula is C23H27F3N4O. The van der Waals surface area contributed by atoms with Crippen molar-refractivity contribution in [3.8, 4) is 0 Å². The zero-order valence-corrected chi connectivity index (χ0v) is 17.4. The van der Waals surface area contributed by atoms with E-state index in [0.717, 1.165) is 22.6 Å². The lowest BCUT2D eigenvalue weighted by Crippen LogP contribution is -2.40. The van der Waals surface area contributed by atoms with Gasteiger partial charge in [-0.05, 0) is 49.5 Å². The van der Waals surface area contributed by atoms with Crippen LogP contribution >= 0.6 is 0 Å². The molecule has 31 heavy (non-hydrogen) atoms. The van der Waals surface area contributed by atoms with Crippen LogP contribution in [-0.2, 0) is 0 Å². The molecule has 166 valence electrons. The maximum Gasteiger partial charge on any atom is 0.410 e. The Kier molecular flexibility index (Phi) is 4.98. The number of hydrogen-bond acceptors (Lipinski definition) is 3. The zero-order valence-electron chi connectivity index (χ0n) is 17.4. The number of rotatable bonds is 4. The lowest BCUT2D eigenvalue weighted by atomic mass is 9.84. The summed E-state index contributed by atoms with van der Waals surface area (Å²) in [7, 11) is 0. The molecule has 6 atom stereocenters. The topological polar surface area (TPSA) is 59.0 Å². The third-order valence-corrected chi connectivity index (χ3v) is 7.42. The van der Waals surface area contributed by atoms with Crippen molar-refractivity contribution in [3.63, 3.8) is 0 Å². The quantitative estimate of drug-likeness (QED) is 0.707. The second kappa shape index (κ2) is 7.57. The SMILES string of the molecule is CC(NC(=O)c1cc2n(n1)[C@@H](C(F)(F)F)C[C@@H](c1ccccc1)N2)C1CC2CCC1C2. The first-order valence-electron chi connectivity index (χ1n) is 11.1. The summed E-state index contributed by atoms with van der Waals surface area (Å²) in [5.41, 5.74) is 0.806. The lowest BCUT2D eigenvalue weighted by Gasteiger charge is -2.33. The highest BCUT2D eigenvalue weighted by atomic mass is 19.4. The molecule has 4 unspecified atom stereocenters. The number of fused-ring (bicyclic) bond motifs is 3. The lowest BCUT2D eigenvalue weighted by molar-refractivity contribution is -0.173. The Hall–Kier alpha value is -2.51. The van der Waals surface area contributed by atoms with E-state index in [-0.39, 0.29) is 24.0 Å². The van der Waals surface area contributed by atoms with E-state index < -0.39 is 24.2 Å². The average molecular weight is 432 g/mol. The molecule has 1 amide bonds. The molecule has 2 fully saturated rings. The number of amides is 1. The van der Waals surface area contributed by atoms with Gasteiger partial charge in [-0.15, -0.1) is 0 Å². The van der Waals surface area contributed by atoms with Crippen LogP contribution in [0.15, 0.2) is 36.4 Å². The molecule has 2 aromatic rings. The third-order valence-electron chi connectivity index (χ3n) is 7.42. The monoisotopic (exact) mass is 432 g/mol. The summed E-state index contributed by atoms with van der Waals surface area (Å²) in [5, 5.41) is 10.2. The van der Waals surface area contributed by atoms with E-state index in [0.29, 0.717) is 11.8 Å². The fourth-order valence-corrected chi connectivity index (χ4v) is 5.88. The van der Waals surface area contributed by atoms with Crippen molar-refractivity contribution < 1.29 is 18.0 Å². The molecule has 0 saturated heterocycles. The van der Waals surface area contributed by atoms with Crippen molar-refractivity contribution in [1.29, 1.82) is 0 Å². The molecule has 2 aliphatic carbocycles. The molecule has 2 heterocycles. The van der Waals surface area contributed by atoms with Crippen molar-refractivity contribution in [2.75, 3.05) is 5.32 Å². The van der Waals surface area contributed by atoms with Crippen LogP contribution in [0.3, 0.4) is 0 Å². The Labute approximate surface area is 179 Å². The van der Waals surface area contributed by atoms with Gasteiger partial charge < -0.3 is 10.6 Å². The van der Waals surface area contributed by atoms with Crippen LogP contribution in [0.5, 0.6) is 0 Å². The molecule has 2 N–H and O–H groups in total. The number of nitrogens with zero attached hydrogens (tertiary/aromatic N) is 2. The third kappa shape index (κ3) is 3.81. The first-order valence-corrected chi connectivity index (χ1v) is 11.1. The van der Waals surface area contributed by atoms with E-state index >= 15 is 0 Å². The number of carbonyl (C=O) groups is 1. The van der Waals surface area contributed by atoms with Crippen LogP contribution in [0.2, 0.25) is 0 Å². The largest absolute Gasteiger partial charge is 0.410 e. The number of halogens is 3. The standard InChI is InChI=1S/C23H27F3N4O/c1-13(17-10-14-7-8-16(17)9-14)27-22(31)19-12-21-28-18(15-5-3-2-4-6-15)11-20(23(24,25)26)30(21)29-19/h2-6,12-14,16-18,20,28H,7-11H2,1H3,(H,27,31)/t13?,14?,16?,17?,18-,20+/m0/s1. The van der Waals surface area contributed by atoms with Crippen molar-refractivity contribution in [2.24, 2.45) is 17.8 Å². The summed E-state index contributed by atoms with van der Waals surface area (Å²) >= 11 is 0. The number of aromatic nitrogens is 2. The molecule has 5 nitrogen and oxygen atoms in total. The van der Waals surface area contributed by atoms with E-state index in [4.69, 9.17) is 0 Å². The summed E-state index contributed by atoms with van der Waals surface area (Å²) in [4.78, 5) is 12.8. The molecule has 3 aliphatic rings. The van der Waals surface area contributed by atoms with Crippen LogP contribution in [0.1, 0.15) is 67.2 Å². The summed E-state index contributed by atoms with van der Waals surface area (Å²) in [6.07, 6.45) is 0.226. The number of anilines is 1. The van der Waals surface area contributed by atoms with Gasteiger partial charge in [0.05, 0.1) is 6.04 Å². The molecule has 1 aliphatic heterocycles. The molecule has 1 aromatic heterocycles. The van der Waals surface area contributed by atoms with E-state index in [1.165, 1.54) is 25.3 Å². The number of benzene rings is 1. The van der Waals surface area contributed by atoms with Crippen LogP contribution in [0, 0.1) is 17.8 Å². The predicted molar refractivity (Wildman–Crippen MR) is 111 cm³/mol. The first-order chi connectivity index (χ1) is 14.8. The fraction of sp³-hybridized carbons (Fsp3) is 0.565. The number of nitrogens with one attached hydrogen (secondary N) is 2. The van der Waals surface area contributed by atoms with Gasteiger partial charge in [0.15, 0.2) is 11.7 Å². The molecule has 5 rings (SSSR count). The van der Waals surface area contributed by atoms with E-state index in [1.54, 1.807) is 0 Å². The maximum atomic E-state index is 13.8. The summed E-state index contributed by atoms with van der Waals surface area (Å²) in [6.45, 7) is 2.00. The Morgan fingerprint density at radius 1 is 1.19 bits per heavy atom. The Morgan fingerprint density at radius 2 is 1.97 bits per heavy atom. The van der Waals surface area contributed by atoms with Gasteiger partial charge in [0.1, 0.15) is 5.82 Å². The Balaban J connectivity index is 1.36.